The molecule has 6 nitrogen and oxygen atoms in total. The third-order valence-electron chi connectivity index (χ3n) is 5.09. The second-order valence-electron chi connectivity index (χ2n) is 8.65. The summed E-state index contributed by atoms with van der Waals surface area (Å²) in [7, 11) is 2.87. The Morgan fingerprint density at radius 3 is 1.37 bits per heavy atom. The molecule has 0 fully saturated rings. The topological polar surface area (TPSA) is 82.1 Å². The zero-order valence-electron chi connectivity index (χ0n) is 20.0. The molecule has 0 saturated carbocycles. The molecule has 1 rings (SSSR count). The van der Waals surface area contributed by atoms with Crippen molar-refractivity contribution in [3.8, 4) is 0 Å². The third-order valence-corrected chi connectivity index (χ3v) is 5.09. The molecule has 0 bridgehead atoms. The summed E-state index contributed by atoms with van der Waals surface area (Å²) < 4.78 is 16.0. The standard InChI is InChI=1S/C25H38O6.23CH4/c1-17(12-9-15-25(4,5)28)10-8-11-18(2)13-14-20-16-21(27)23(29-6)24(30-7)22(20)31-19(3)26;;;;;;;;;;;;;;;;;;;;;;;/h9-10,13,15,20,22,28H,8,11-12,14,16H2,1-7H3;23*1H4/b15-9+,17-10+,18-13+;;;;;;;;;;;;;;;;;;;;;;;/t20-,22-;;;;;;;;;;;;;;;;;;;;;;;/m1......................./s1. The Labute approximate surface area is 356 Å². The minimum atomic E-state index is -0.786. The summed E-state index contributed by atoms with van der Waals surface area (Å²) in [5.74, 6) is -0.345. The van der Waals surface area contributed by atoms with Crippen LogP contribution in [-0.4, -0.2) is 42.8 Å². The molecule has 0 aromatic heterocycles. The predicted molar refractivity (Wildman–Crippen MR) is 276 cm³/mol. The lowest BCUT2D eigenvalue weighted by atomic mass is 9.85. The van der Waals surface area contributed by atoms with Gasteiger partial charge in [0.05, 0.1) is 19.8 Å². The maximum Gasteiger partial charge on any atom is 0.303 e. The van der Waals surface area contributed by atoms with E-state index in [1.165, 1.54) is 32.3 Å². The van der Waals surface area contributed by atoms with Gasteiger partial charge in [-0.15, -0.1) is 0 Å². The molecule has 0 radical (unpaired) electrons. The van der Waals surface area contributed by atoms with Gasteiger partial charge in [-0.1, -0.05) is 206 Å². The van der Waals surface area contributed by atoms with Gasteiger partial charge in [0.15, 0.2) is 11.9 Å². The van der Waals surface area contributed by atoms with E-state index >= 15 is 0 Å². The van der Waals surface area contributed by atoms with Gasteiger partial charge in [-0.25, -0.2) is 0 Å². The van der Waals surface area contributed by atoms with Crippen molar-refractivity contribution < 1.29 is 28.9 Å². The van der Waals surface area contributed by atoms with E-state index in [1.807, 2.05) is 6.08 Å². The molecule has 0 unspecified atom stereocenters. The van der Waals surface area contributed by atoms with Crippen LogP contribution in [-0.2, 0) is 23.8 Å². The van der Waals surface area contributed by atoms with E-state index in [0.717, 1.165) is 19.3 Å². The summed E-state index contributed by atoms with van der Waals surface area (Å²) >= 11 is 0. The monoisotopic (exact) mass is 803 g/mol. The van der Waals surface area contributed by atoms with Crippen LogP contribution in [0.3, 0.4) is 0 Å². The molecule has 1 aliphatic carbocycles. The highest BCUT2D eigenvalue weighted by Gasteiger charge is 2.40. The summed E-state index contributed by atoms with van der Waals surface area (Å²) in [6, 6.07) is 0. The first-order chi connectivity index (χ1) is 14.5. The Morgan fingerprint density at radius 2 is 1.06 bits per heavy atom. The second-order valence-corrected chi connectivity index (χ2v) is 8.65. The molecule has 0 amide bonds. The van der Waals surface area contributed by atoms with Crippen LogP contribution in [0.4, 0.5) is 0 Å². The maximum absolute atomic E-state index is 12.4. The highest BCUT2D eigenvalue weighted by atomic mass is 16.6. The van der Waals surface area contributed by atoms with Crippen LogP contribution in [0.15, 0.2) is 47.0 Å². The van der Waals surface area contributed by atoms with Crippen molar-refractivity contribution in [1.29, 1.82) is 0 Å². The normalized spacial score (nSPS) is 12.0. The summed E-state index contributed by atoms with van der Waals surface area (Å²) in [4.78, 5) is 24.0. The number of rotatable bonds is 11. The van der Waals surface area contributed by atoms with Crippen LogP contribution in [0.25, 0.3) is 0 Å². The number of hydrogen-bond donors (Lipinski definition) is 1. The van der Waals surface area contributed by atoms with Crippen molar-refractivity contribution in [2.45, 2.75) is 249 Å². The molecule has 0 aliphatic heterocycles. The molecule has 6 heteroatoms. The summed E-state index contributed by atoms with van der Waals surface area (Å²) in [6.07, 6.45) is 10.9. The van der Waals surface area contributed by atoms with Crippen molar-refractivity contribution in [2.24, 2.45) is 5.92 Å². The molecule has 358 valence electrons. The fourth-order valence-corrected chi connectivity index (χ4v) is 3.49. The number of hydrogen-bond acceptors (Lipinski definition) is 6. The zero-order chi connectivity index (χ0) is 23.6. The number of allylic oxidation sites excluding steroid dienone is 6. The van der Waals surface area contributed by atoms with Crippen molar-refractivity contribution in [2.75, 3.05) is 14.2 Å². The number of ketones is 1. The number of ether oxygens (including phenoxy) is 3. The Bertz CT molecular complexity index is 754. The van der Waals surface area contributed by atoms with E-state index in [1.54, 1.807) is 19.9 Å². The van der Waals surface area contributed by atoms with Crippen molar-refractivity contribution in [1.82, 2.24) is 0 Å². The predicted octanol–water partition coefficient (Wildman–Crippen LogP) is 19.4. The van der Waals surface area contributed by atoms with Gasteiger partial charge < -0.3 is 19.3 Å². The molecule has 0 saturated heterocycles. The number of esters is 1. The fourth-order valence-electron chi connectivity index (χ4n) is 3.49. The van der Waals surface area contributed by atoms with E-state index in [2.05, 4.69) is 26.0 Å². The van der Waals surface area contributed by atoms with Crippen LogP contribution < -0.4 is 0 Å². The van der Waals surface area contributed by atoms with Gasteiger partial charge in [-0.2, -0.15) is 0 Å². The Balaban J connectivity index is -0.0000000199. The van der Waals surface area contributed by atoms with Gasteiger partial charge in [0, 0.05) is 19.3 Å². The summed E-state index contributed by atoms with van der Waals surface area (Å²) in [5.41, 5.74) is 1.68. The minimum absolute atomic E-state index is 0. The van der Waals surface area contributed by atoms with Crippen molar-refractivity contribution in [3.63, 3.8) is 0 Å². The number of Topliss-reactive ketones (excluding diaryl/α,β-unsaturated/α-hetero) is 1. The quantitative estimate of drug-likeness (QED) is 0.165. The first-order valence-electron chi connectivity index (χ1n) is 10.7. The molecule has 2 atom stereocenters. The highest BCUT2D eigenvalue weighted by molar-refractivity contribution is 5.95. The first-order valence-corrected chi connectivity index (χ1v) is 10.7. The van der Waals surface area contributed by atoms with E-state index in [4.69, 9.17) is 14.2 Å². The number of carbonyl (C=O) groups is 2. The summed E-state index contributed by atoms with van der Waals surface area (Å²) in [5, 5.41) is 9.71. The Hall–Kier alpha value is -2.34. The smallest absolute Gasteiger partial charge is 0.303 e. The van der Waals surface area contributed by atoms with Crippen LogP contribution in [0, 0.1) is 5.92 Å². The minimum Gasteiger partial charge on any atom is -0.493 e. The molecule has 1 aliphatic rings. The van der Waals surface area contributed by atoms with E-state index in [-0.39, 0.29) is 200 Å². The molecule has 0 spiro atoms. The van der Waals surface area contributed by atoms with E-state index in [0.29, 0.717) is 6.42 Å². The van der Waals surface area contributed by atoms with E-state index in [9.17, 15) is 14.7 Å². The molecule has 0 aromatic carbocycles. The molecule has 54 heavy (non-hydrogen) atoms. The lowest BCUT2D eigenvalue weighted by molar-refractivity contribution is -0.151. The van der Waals surface area contributed by atoms with Gasteiger partial charge in [0.1, 0.15) is 0 Å². The van der Waals surface area contributed by atoms with Crippen molar-refractivity contribution >= 4 is 11.8 Å². The average Bonchev–Trinajstić information content (AvgIpc) is 2.66. The summed E-state index contributed by atoms with van der Waals surface area (Å²) in [6.45, 7) is 9.00. The maximum atomic E-state index is 12.4. The van der Waals surface area contributed by atoms with Gasteiger partial charge in [-0.3, -0.25) is 9.59 Å². The van der Waals surface area contributed by atoms with Crippen molar-refractivity contribution in [3.05, 3.63) is 47.0 Å². The largest absolute Gasteiger partial charge is 0.493 e. The third kappa shape index (κ3) is 61.7. The van der Waals surface area contributed by atoms with Crippen LogP contribution in [0.1, 0.15) is 238 Å². The first kappa shape index (κ1) is 161. The van der Waals surface area contributed by atoms with Gasteiger partial charge in [0.2, 0.25) is 11.5 Å². The SMILES string of the molecule is C.C.C.C.C.C.C.C.C.C.C.C.C.C.C.C.C.C.C.C.C.C.C.COC1=C(OC)[C@H](OC(C)=O)[C@H](C/C=C(\C)CC/C=C(\C)C/C=C/C(C)(C)O)CC1=O. The number of aliphatic hydroxyl groups is 1. The second kappa shape index (κ2) is 79.4. The molecule has 0 heterocycles. The number of methoxy groups -OCH3 is 2. The van der Waals surface area contributed by atoms with E-state index < -0.39 is 17.7 Å². The van der Waals surface area contributed by atoms with Gasteiger partial charge >= 0.3 is 5.97 Å². The lowest BCUT2D eigenvalue weighted by Crippen LogP contribution is -2.37. The fraction of sp³-hybridized carbons (Fsp3) is 0.792. The Morgan fingerprint density at radius 1 is 0.667 bits per heavy atom. The van der Waals surface area contributed by atoms with Gasteiger partial charge in [0.25, 0.3) is 0 Å². The van der Waals surface area contributed by atoms with Crippen LogP contribution in [0.5, 0.6) is 0 Å². The van der Waals surface area contributed by atoms with Crippen LogP contribution in [0.2, 0.25) is 0 Å². The molecule has 1 N–H and O–H groups in total. The molecular weight excluding hydrogens is 673 g/mol. The number of carbonyl (C=O) groups excluding carboxylic acids is 2. The molecule has 0 aromatic rings. The lowest BCUT2D eigenvalue weighted by Gasteiger charge is -2.31. The zero-order valence-corrected chi connectivity index (χ0v) is 20.0. The highest BCUT2D eigenvalue weighted by Crippen LogP contribution is 2.33. The molecular formula is C48H130O6. The van der Waals surface area contributed by atoms with Crippen LogP contribution >= 0.6 is 0 Å². The Kier molecular flexibility index (Phi) is 237. The average molecular weight is 804 g/mol. The van der Waals surface area contributed by atoms with Gasteiger partial charge in [-0.05, 0) is 53.4 Å².